The molecule has 6 N–H and O–H groups in total. The van der Waals surface area contributed by atoms with Gasteiger partial charge in [0, 0.05) is 17.4 Å². The first-order chi connectivity index (χ1) is 18.9. The molecule has 4 rings (SSSR count). The van der Waals surface area contributed by atoms with E-state index in [-0.39, 0.29) is 17.6 Å². The molecule has 11 unspecified atom stereocenters. The number of carbonyl (C=O) groups excluding carboxylic acids is 1. The monoisotopic (exact) mass is 562 g/mol. The molecule has 2 fully saturated rings. The van der Waals surface area contributed by atoms with E-state index in [1.807, 2.05) is 33.8 Å². The molecule has 0 aromatic heterocycles. The van der Waals surface area contributed by atoms with Crippen molar-refractivity contribution in [3.8, 4) is 5.75 Å². The Morgan fingerprint density at radius 3 is 2.42 bits per heavy atom. The number of esters is 1. The first-order valence-electron chi connectivity index (χ1n) is 13.9. The van der Waals surface area contributed by atoms with Crippen LogP contribution in [-0.4, -0.2) is 92.2 Å². The second-order valence-corrected chi connectivity index (χ2v) is 11.8. The van der Waals surface area contributed by atoms with Gasteiger partial charge < -0.3 is 44.8 Å². The van der Waals surface area contributed by atoms with Crippen LogP contribution in [0, 0.1) is 23.2 Å². The van der Waals surface area contributed by atoms with E-state index in [1.165, 1.54) is 18.2 Å². The van der Waals surface area contributed by atoms with Crippen molar-refractivity contribution in [2.24, 2.45) is 23.2 Å². The number of rotatable bonds is 7. The second kappa shape index (κ2) is 12.3. The van der Waals surface area contributed by atoms with Crippen LogP contribution in [0.2, 0.25) is 0 Å². The molecule has 1 heterocycles. The summed E-state index contributed by atoms with van der Waals surface area (Å²) in [4.78, 5) is 13.0. The Bertz CT molecular complexity index is 1080. The molecule has 0 spiro atoms. The summed E-state index contributed by atoms with van der Waals surface area (Å²) in [6.45, 7) is 7.26. The van der Waals surface area contributed by atoms with Gasteiger partial charge in [-0.15, -0.1) is 0 Å². The molecule has 11 atom stereocenters. The summed E-state index contributed by atoms with van der Waals surface area (Å²) in [5.74, 6) is -1.02. The summed E-state index contributed by atoms with van der Waals surface area (Å²) < 4.78 is 18.1. The molecule has 1 aromatic rings. The zero-order valence-corrected chi connectivity index (χ0v) is 23.3. The summed E-state index contributed by atoms with van der Waals surface area (Å²) in [5.41, 5.74) is 0.714. The number of aromatic hydroxyl groups is 1. The van der Waals surface area contributed by atoms with Crippen LogP contribution < -0.4 is 0 Å². The maximum absolute atomic E-state index is 13.0. The topological polar surface area (TPSA) is 166 Å². The van der Waals surface area contributed by atoms with Gasteiger partial charge in [0.1, 0.15) is 36.3 Å². The van der Waals surface area contributed by atoms with Gasteiger partial charge in [-0.25, -0.2) is 4.79 Å². The Morgan fingerprint density at radius 2 is 1.80 bits per heavy atom. The fourth-order valence-corrected chi connectivity index (χ4v) is 6.56. The molecule has 1 saturated heterocycles. The number of hydrogen-bond acceptors (Lipinski definition) is 10. The van der Waals surface area contributed by atoms with E-state index < -0.39 is 72.9 Å². The highest BCUT2D eigenvalue weighted by Crippen LogP contribution is 2.56. The Kier molecular flexibility index (Phi) is 9.41. The Morgan fingerprint density at radius 1 is 1.12 bits per heavy atom. The van der Waals surface area contributed by atoms with Crippen molar-refractivity contribution < 1.29 is 49.6 Å². The molecule has 40 heavy (non-hydrogen) atoms. The molecular formula is C30H42O10. The first kappa shape index (κ1) is 30.6. The van der Waals surface area contributed by atoms with Gasteiger partial charge in [-0.05, 0) is 55.4 Å². The molecule has 0 bridgehead atoms. The van der Waals surface area contributed by atoms with Crippen molar-refractivity contribution in [2.75, 3.05) is 6.61 Å². The van der Waals surface area contributed by atoms with E-state index in [2.05, 4.69) is 0 Å². The summed E-state index contributed by atoms with van der Waals surface area (Å²) in [7, 11) is 0. The lowest BCUT2D eigenvalue weighted by Gasteiger charge is -2.58. The number of benzene rings is 1. The van der Waals surface area contributed by atoms with Gasteiger partial charge >= 0.3 is 5.97 Å². The SMILES string of the molecule is CC1=CCC(O)C2(C)C(OC(=O)C=Cc3ccc(O)cc3)CC(C(C)C)C(OC3OC(CO)C(O)C(O)C3O)C12. The molecule has 10 nitrogen and oxygen atoms in total. The Labute approximate surface area is 234 Å². The second-order valence-electron chi connectivity index (χ2n) is 11.8. The lowest BCUT2D eigenvalue weighted by atomic mass is 9.53. The third kappa shape index (κ3) is 5.85. The predicted octanol–water partition coefficient (Wildman–Crippen LogP) is 1.51. The van der Waals surface area contributed by atoms with Crippen molar-refractivity contribution in [2.45, 2.75) is 89.6 Å². The number of aliphatic hydroxyl groups excluding tert-OH is 5. The molecular weight excluding hydrogens is 520 g/mol. The van der Waals surface area contributed by atoms with Crippen LogP contribution in [-0.2, 0) is 19.0 Å². The largest absolute Gasteiger partial charge is 0.508 e. The van der Waals surface area contributed by atoms with E-state index in [4.69, 9.17) is 14.2 Å². The van der Waals surface area contributed by atoms with Gasteiger partial charge in [0.15, 0.2) is 6.29 Å². The minimum Gasteiger partial charge on any atom is -0.508 e. The molecule has 0 radical (unpaired) electrons. The first-order valence-corrected chi connectivity index (χ1v) is 13.9. The number of ether oxygens (including phenoxy) is 3. The number of fused-ring (bicyclic) bond motifs is 1. The van der Waals surface area contributed by atoms with Crippen LogP contribution in [0.4, 0.5) is 0 Å². The van der Waals surface area contributed by atoms with Crippen molar-refractivity contribution in [3.63, 3.8) is 0 Å². The molecule has 222 valence electrons. The minimum atomic E-state index is -1.58. The number of phenolic OH excluding ortho intramolecular Hbond substituents is 1. The molecule has 2 aliphatic carbocycles. The van der Waals surface area contributed by atoms with Gasteiger partial charge in [-0.2, -0.15) is 0 Å². The molecule has 1 saturated carbocycles. The van der Waals surface area contributed by atoms with Crippen LogP contribution in [0.15, 0.2) is 42.0 Å². The van der Waals surface area contributed by atoms with E-state index in [9.17, 15) is 35.4 Å². The fraction of sp³-hybridized carbons (Fsp3) is 0.633. The fourth-order valence-electron chi connectivity index (χ4n) is 6.56. The number of hydrogen-bond donors (Lipinski definition) is 6. The van der Waals surface area contributed by atoms with Crippen molar-refractivity contribution in [1.82, 2.24) is 0 Å². The molecule has 10 heteroatoms. The van der Waals surface area contributed by atoms with Crippen molar-refractivity contribution in [3.05, 3.63) is 47.6 Å². The van der Waals surface area contributed by atoms with E-state index in [1.54, 1.807) is 18.2 Å². The standard InChI is InChI=1S/C30H42O10/c1-15(2)19-13-22(39-23(34)12-8-17-6-9-18(32)10-7-17)30(4)21(33)11-5-16(3)24(30)28(19)40-29-27(37)26(36)25(35)20(14-31)38-29/h5-10,12,15,19-22,24-29,31-33,35-37H,11,13-14H2,1-4H3. The third-order valence-corrected chi connectivity index (χ3v) is 9.03. The summed E-state index contributed by atoms with van der Waals surface area (Å²) in [6, 6.07) is 6.39. The molecule has 1 aliphatic heterocycles. The quantitative estimate of drug-likeness (QED) is 0.163. The highest BCUT2D eigenvalue weighted by atomic mass is 16.7. The molecule has 3 aliphatic rings. The van der Waals surface area contributed by atoms with Crippen LogP contribution in [0.5, 0.6) is 5.75 Å². The Hall–Kier alpha value is -2.31. The van der Waals surface area contributed by atoms with Crippen molar-refractivity contribution in [1.29, 1.82) is 0 Å². The summed E-state index contributed by atoms with van der Waals surface area (Å²) in [5, 5.41) is 61.7. The van der Waals surface area contributed by atoms with Crippen LogP contribution >= 0.6 is 0 Å². The Balaban J connectivity index is 1.63. The van der Waals surface area contributed by atoms with Gasteiger partial charge in [-0.1, -0.05) is 44.6 Å². The summed E-state index contributed by atoms with van der Waals surface area (Å²) >= 11 is 0. The maximum Gasteiger partial charge on any atom is 0.331 e. The van der Waals surface area contributed by atoms with Gasteiger partial charge in [-0.3, -0.25) is 0 Å². The highest BCUT2D eigenvalue weighted by Gasteiger charge is 2.60. The van der Waals surface area contributed by atoms with Crippen LogP contribution in [0.25, 0.3) is 6.08 Å². The van der Waals surface area contributed by atoms with Crippen molar-refractivity contribution >= 4 is 12.0 Å². The van der Waals surface area contributed by atoms with Gasteiger partial charge in [0.05, 0.1) is 18.8 Å². The normalized spacial score (nSPS) is 40.1. The minimum absolute atomic E-state index is 0.0417. The average Bonchev–Trinajstić information content (AvgIpc) is 2.92. The van der Waals surface area contributed by atoms with E-state index in [0.29, 0.717) is 18.4 Å². The average molecular weight is 563 g/mol. The number of carbonyl (C=O) groups is 1. The number of phenols is 1. The van der Waals surface area contributed by atoms with Gasteiger partial charge in [0.25, 0.3) is 0 Å². The lowest BCUT2D eigenvalue weighted by Crippen LogP contribution is -2.65. The van der Waals surface area contributed by atoms with Crippen LogP contribution in [0.3, 0.4) is 0 Å². The molecule has 0 amide bonds. The predicted molar refractivity (Wildman–Crippen MR) is 145 cm³/mol. The van der Waals surface area contributed by atoms with Gasteiger partial charge in [0.2, 0.25) is 0 Å². The van der Waals surface area contributed by atoms with E-state index in [0.717, 1.165) is 5.57 Å². The third-order valence-electron chi connectivity index (χ3n) is 9.03. The maximum atomic E-state index is 13.0. The lowest BCUT2D eigenvalue weighted by molar-refractivity contribution is -0.330. The smallest absolute Gasteiger partial charge is 0.331 e. The number of aliphatic hydroxyl groups is 5. The van der Waals surface area contributed by atoms with Crippen LogP contribution in [0.1, 0.15) is 46.1 Å². The zero-order valence-electron chi connectivity index (χ0n) is 23.3. The zero-order chi connectivity index (χ0) is 29.4. The summed E-state index contributed by atoms with van der Waals surface area (Å²) in [6.07, 6.45) is -3.59. The highest BCUT2D eigenvalue weighted by molar-refractivity contribution is 5.87. The van der Waals surface area contributed by atoms with E-state index >= 15 is 0 Å². The molecule has 1 aromatic carbocycles.